The van der Waals surface area contributed by atoms with Crippen molar-refractivity contribution in [3.8, 4) is 0 Å². The molecule has 0 aromatic heterocycles. The maximum absolute atomic E-state index is 12.1. The predicted octanol–water partition coefficient (Wildman–Crippen LogP) is 6.11. The van der Waals surface area contributed by atoms with E-state index in [1.54, 1.807) is 27.7 Å². The van der Waals surface area contributed by atoms with Crippen molar-refractivity contribution in [2.24, 2.45) is 0 Å². The molecule has 0 radical (unpaired) electrons. The van der Waals surface area contributed by atoms with Gasteiger partial charge in [0, 0.05) is 0 Å². The summed E-state index contributed by atoms with van der Waals surface area (Å²) in [6, 6.07) is 7.27. The fourth-order valence-corrected chi connectivity index (χ4v) is 4.16. The van der Waals surface area contributed by atoms with E-state index >= 15 is 0 Å². The Labute approximate surface area is 232 Å². The van der Waals surface area contributed by atoms with Crippen LogP contribution in [-0.2, 0) is 39.1 Å². The Balaban J connectivity index is 1.48. The molecule has 12 heteroatoms. The van der Waals surface area contributed by atoms with Crippen molar-refractivity contribution in [3.63, 3.8) is 0 Å². The number of carbonyl (C=O) groups excluding carboxylic acids is 4. The number of carbonyl (C=O) groups is 4. The minimum absolute atomic E-state index is 0.0361. The normalized spacial score (nSPS) is 10.4. The molecule has 0 atom stereocenters. The summed E-state index contributed by atoms with van der Waals surface area (Å²) in [4.78, 5) is 64.9. The Morgan fingerprint density at radius 2 is 0.825 bits per heavy atom. The van der Waals surface area contributed by atoms with Gasteiger partial charge >= 0.3 is 24.2 Å². The van der Waals surface area contributed by atoms with Crippen LogP contribution in [0.2, 0.25) is 0 Å². The third kappa shape index (κ3) is 10.5. The highest BCUT2D eigenvalue weighted by Crippen LogP contribution is 2.19. The molecule has 0 aliphatic carbocycles. The molecule has 40 heavy (non-hydrogen) atoms. The van der Waals surface area contributed by atoms with E-state index in [9.17, 15) is 19.2 Å². The van der Waals surface area contributed by atoms with E-state index in [1.165, 1.54) is 0 Å². The van der Waals surface area contributed by atoms with Crippen LogP contribution in [0.5, 0.6) is 0 Å². The van der Waals surface area contributed by atoms with Crippen LogP contribution in [0, 0.1) is 41.5 Å². The van der Waals surface area contributed by atoms with Gasteiger partial charge in [0.2, 0.25) is 0 Å². The molecular formula is C28H34O12. The predicted molar refractivity (Wildman–Crippen MR) is 138 cm³/mol. The Kier molecular flexibility index (Phi) is 12.9. The summed E-state index contributed by atoms with van der Waals surface area (Å²) in [5, 5.41) is 8.48. The van der Waals surface area contributed by atoms with Crippen LogP contribution in [0.3, 0.4) is 0 Å². The largest absolute Gasteiger partial charge is 0.543 e. The summed E-state index contributed by atoms with van der Waals surface area (Å²) in [6.07, 6.45) is -0.0294. The standard InChI is InChI=1S/C28H34O12/c1-17-13-19(3)23(20(4)14-17)25(29)35-39-37-27(31)33-11-9-7-8-10-12-34-28(32)38-40-36-26(30)24-21(5)15-18(2)16-22(24)6/h13-16H,7-12H2,1-6H3. The molecule has 0 N–H and O–H groups in total. The molecule has 0 bridgehead atoms. The van der Waals surface area contributed by atoms with Crippen molar-refractivity contribution in [2.75, 3.05) is 13.2 Å². The van der Waals surface area contributed by atoms with Crippen molar-refractivity contribution >= 4 is 24.2 Å². The first-order chi connectivity index (χ1) is 19.0. The Hall–Kier alpha value is -4.16. The Bertz CT molecular complexity index is 1060. The van der Waals surface area contributed by atoms with Crippen LogP contribution in [0.25, 0.3) is 0 Å². The van der Waals surface area contributed by atoms with E-state index in [0.29, 0.717) is 59.1 Å². The molecule has 2 aromatic carbocycles. The lowest BCUT2D eigenvalue weighted by atomic mass is 10.0. The summed E-state index contributed by atoms with van der Waals surface area (Å²) < 4.78 is 9.63. The van der Waals surface area contributed by atoms with Crippen LogP contribution in [0.1, 0.15) is 79.8 Å². The number of aryl methyl sites for hydroxylation is 6. The molecule has 0 saturated carbocycles. The summed E-state index contributed by atoms with van der Waals surface area (Å²) in [6.45, 7) is 10.9. The van der Waals surface area contributed by atoms with Gasteiger partial charge in [0.05, 0.1) is 34.4 Å². The minimum atomic E-state index is -1.16. The molecule has 2 aromatic rings. The molecule has 0 fully saturated rings. The smallest absolute Gasteiger partial charge is 0.432 e. The third-order valence-electron chi connectivity index (χ3n) is 5.66. The molecular weight excluding hydrogens is 528 g/mol. The van der Waals surface area contributed by atoms with Crippen molar-refractivity contribution in [2.45, 2.75) is 67.2 Å². The maximum Gasteiger partial charge on any atom is 0.543 e. The topological polar surface area (TPSA) is 142 Å². The van der Waals surface area contributed by atoms with Crippen LogP contribution >= 0.6 is 0 Å². The summed E-state index contributed by atoms with van der Waals surface area (Å²) >= 11 is 0. The highest BCUT2D eigenvalue weighted by Gasteiger charge is 2.18. The first-order valence-corrected chi connectivity index (χ1v) is 12.6. The van der Waals surface area contributed by atoms with Crippen molar-refractivity contribution in [1.29, 1.82) is 0 Å². The van der Waals surface area contributed by atoms with E-state index in [4.69, 9.17) is 9.47 Å². The quantitative estimate of drug-likeness (QED) is 0.120. The highest BCUT2D eigenvalue weighted by molar-refractivity contribution is 5.93. The average molecular weight is 563 g/mol. The van der Waals surface area contributed by atoms with Gasteiger partial charge < -0.3 is 9.47 Å². The molecule has 0 aliphatic heterocycles. The lowest BCUT2D eigenvalue weighted by Gasteiger charge is -2.09. The molecule has 0 amide bonds. The van der Waals surface area contributed by atoms with Crippen LogP contribution < -0.4 is 0 Å². The van der Waals surface area contributed by atoms with Crippen LogP contribution in [-0.4, -0.2) is 37.5 Å². The number of hydrogen-bond donors (Lipinski definition) is 0. The van der Waals surface area contributed by atoms with Gasteiger partial charge in [-0.1, -0.05) is 35.4 Å². The zero-order chi connectivity index (χ0) is 29.7. The van der Waals surface area contributed by atoms with E-state index < -0.39 is 24.2 Å². The molecule has 0 spiro atoms. The average Bonchev–Trinajstić information content (AvgIpc) is 2.84. The van der Waals surface area contributed by atoms with Crippen molar-refractivity contribution in [3.05, 3.63) is 68.8 Å². The van der Waals surface area contributed by atoms with Gasteiger partial charge in [0.25, 0.3) is 0 Å². The van der Waals surface area contributed by atoms with Gasteiger partial charge in [-0.05, 0) is 89.5 Å². The fourth-order valence-electron chi connectivity index (χ4n) is 4.16. The SMILES string of the molecule is Cc1cc(C)c(C(=O)OOOC(=O)OCCCCCCOC(=O)OOOC(=O)c2c(C)cc(C)cc2C)c(C)c1. The second-order valence-corrected chi connectivity index (χ2v) is 9.20. The van der Waals surface area contributed by atoms with Crippen molar-refractivity contribution in [1.82, 2.24) is 0 Å². The van der Waals surface area contributed by atoms with Gasteiger partial charge in [-0.3, -0.25) is 9.78 Å². The molecule has 2 rings (SSSR count). The summed E-state index contributed by atoms with van der Waals surface area (Å²) in [5.74, 6) is -1.59. The fraction of sp³-hybridized carbons (Fsp3) is 0.429. The third-order valence-corrected chi connectivity index (χ3v) is 5.66. The van der Waals surface area contributed by atoms with Gasteiger partial charge in [-0.2, -0.15) is 0 Å². The molecule has 218 valence electrons. The number of rotatable bonds is 13. The molecule has 0 saturated heterocycles. The second kappa shape index (κ2) is 16.1. The lowest BCUT2D eigenvalue weighted by molar-refractivity contribution is -0.452. The van der Waals surface area contributed by atoms with Gasteiger partial charge in [0.1, 0.15) is 0 Å². The first kappa shape index (κ1) is 32.1. The maximum atomic E-state index is 12.1. The highest BCUT2D eigenvalue weighted by atomic mass is 17.5. The van der Waals surface area contributed by atoms with Gasteiger partial charge in [-0.25, -0.2) is 29.0 Å². The Morgan fingerprint density at radius 1 is 0.500 bits per heavy atom. The van der Waals surface area contributed by atoms with E-state index in [0.717, 1.165) is 11.1 Å². The van der Waals surface area contributed by atoms with E-state index in [2.05, 4.69) is 29.6 Å². The molecule has 12 nitrogen and oxygen atoms in total. The first-order valence-electron chi connectivity index (χ1n) is 12.6. The lowest BCUT2D eigenvalue weighted by Crippen LogP contribution is -2.14. The van der Waals surface area contributed by atoms with Crippen molar-refractivity contribution < 1.29 is 58.3 Å². The number of unbranched alkanes of at least 4 members (excludes halogenated alkanes) is 3. The minimum Gasteiger partial charge on any atom is -0.432 e. The molecule has 0 unspecified atom stereocenters. The van der Waals surface area contributed by atoms with Crippen LogP contribution in [0.4, 0.5) is 9.59 Å². The molecule has 0 aliphatic rings. The number of benzene rings is 2. The van der Waals surface area contributed by atoms with E-state index in [1.807, 2.05) is 38.1 Å². The number of ether oxygens (including phenoxy) is 2. The van der Waals surface area contributed by atoms with Gasteiger partial charge in [0.15, 0.2) is 0 Å². The summed E-state index contributed by atoms with van der Waals surface area (Å²) in [7, 11) is 0. The van der Waals surface area contributed by atoms with Gasteiger partial charge in [-0.15, -0.1) is 0 Å². The second-order valence-electron chi connectivity index (χ2n) is 9.20. The Morgan fingerprint density at radius 3 is 1.15 bits per heavy atom. The summed E-state index contributed by atoms with van der Waals surface area (Å²) in [5.41, 5.74) is 5.44. The number of hydrogen-bond acceptors (Lipinski definition) is 12. The zero-order valence-corrected chi connectivity index (χ0v) is 23.5. The monoisotopic (exact) mass is 562 g/mol. The van der Waals surface area contributed by atoms with E-state index in [-0.39, 0.29) is 13.2 Å². The zero-order valence-electron chi connectivity index (χ0n) is 23.5. The molecule has 0 heterocycles. The van der Waals surface area contributed by atoms with Crippen LogP contribution in [0.15, 0.2) is 24.3 Å².